The summed E-state index contributed by atoms with van der Waals surface area (Å²) in [5, 5.41) is 0. The average Bonchev–Trinajstić information content (AvgIpc) is 2.55. The molecule has 0 aliphatic rings. The van der Waals surface area contributed by atoms with Gasteiger partial charge in [-0.25, -0.2) is 9.78 Å². The number of fused-ring (bicyclic) bond motifs is 1. The second-order valence-corrected chi connectivity index (χ2v) is 5.05. The zero-order valence-electron chi connectivity index (χ0n) is 12.5. The van der Waals surface area contributed by atoms with Gasteiger partial charge in [0.05, 0.1) is 35.1 Å². The highest BCUT2D eigenvalue weighted by atomic mass is 16.5. The number of carbonyl (C=O) groups excluding carboxylic acids is 1. The lowest BCUT2D eigenvalue weighted by atomic mass is 10.1. The van der Waals surface area contributed by atoms with Gasteiger partial charge in [-0.2, -0.15) is 0 Å². The Balaban J connectivity index is 1.99. The Morgan fingerprint density at radius 3 is 2.59 bits per heavy atom. The van der Waals surface area contributed by atoms with E-state index in [-0.39, 0.29) is 5.97 Å². The molecule has 0 aliphatic heterocycles. The molecule has 0 fully saturated rings. The topological polar surface area (TPSA) is 52.1 Å². The van der Waals surface area contributed by atoms with Crippen molar-refractivity contribution in [1.29, 1.82) is 0 Å². The first kappa shape index (κ1) is 14.2. The summed E-state index contributed by atoms with van der Waals surface area (Å²) < 4.78 is 4.99. The summed E-state index contributed by atoms with van der Waals surface area (Å²) in [5.41, 5.74) is 4.97. The van der Waals surface area contributed by atoms with Crippen molar-refractivity contribution in [2.75, 3.05) is 6.61 Å². The van der Waals surface area contributed by atoms with Crippen molar-refractivity contribution in [2.24, 2.45) is 0 Å². The molecule has 0 amide bonds. The SMILES string of the molecule is CCOC(=O)c1ccc2nc(-c3ccc(C)cc3)cnc2c1. The predicted octanol–water partition coefficient (Wildman–Crippen LogP) is 3.78. The number of rotatable bonds is 3. The molecule has 0 unspecified atom stereocenters. The first-order valence-corrected chi connectivity index (χ1v) is 7.18. The summed E-state index contributed by atoms with van der Waals surface area (Å²) in [6, 6.07) is 13.4. The van der Waals surface area contributed by atoms with Crippen molar-refractivity contribution in [3.05, 3.63) is 59.8 Å². The van der Waals surface area contributed by atoms with E-state index in [0.717, 1.165) is 16.8 Å². The summed E-state index contributed by atoms with van der Waals surface area (Å²) in [4.78, 5) is 20.8. The van der Waals surface area contributed by atoms with Crippen molar-refractivity contribution in [1.82, 2.24) is 9.97 Å². The van der Waals surface area contributed by atoms with Crippen LogP contribution >= 0.6 is 0 Å². The summed E-state index contributed by atoms with van der Waals surface area (Å²) in [5.74, 6) is -0.339. The maximum atomic E-state index is 11.7. The first-order valence-electron chi connectivity index (χ1n) is 7.18. The zero-order valence-corrected chi connectivity index (χ0v) is 12.5. The van der Waals surface area contributed by atoms with Gasteiger partial charge in [0.15, 0.2) is 0 Å². The highest BCUT2D eigenvalue weighted by Crippen LogP contribution is 2.20. The minimum atomic E-state index is -0.339. The zero-order chi connectivity index (χ0) is 15.5. The van der Waals surface area contributed by atoms with E-state index in [1.165, 1.54) is 5.56 Å². The van der Waals surface area contributed by atoms with Gasteiger partial charge in [-0.1, -0.05) is 29.8 Å². The monoisotopic (exact) mass is 292 g/mol. The minimum Gasteiger partial charge on any atom is -0.462 e. The Kier molecular flexibility index (Phi) is 3.83. The summed E-state index contributed by atoms with van der Waals surface area (Å²) in [7, 11) is 0. The Morgan fingerprint density at radius 1 is 1.09 bits per heavy atom. The van der Waals surface area contributed by atoms with Crippen molar-refractivity contribution in [3.63, 3.8) is 0 Å². The third-order valence-corrected chi connectivity index (χ3v) is 3.40. The third-order valence-electron chi connectivity index (χ3n) is 3.40. The highest BCUT2D eigenvalue weighted by Gasteiger charge is 2.09. The van der Waals surface area contributed by atoms with Crippen molar-refractivity contribution < 1.29 is 9.53 Å². The standard InChI is InChI=1S/C18H16N2O2/c1-3-22-18(21)14-8-9-15-16(10-14)19-11-17(20-15)13-6-4-12(2)5-7-13/h4-11H,3H2,1-2H3. The number of aryl methyl sites for hydroxylation is 1. The van der Waals surface area contributed by atoms with Crippen molar-refractivity contribution in [2.45, 2.75) is 13.8 Å². The number of esters is 1. The molecule has 22 heavy (non-hydrogen) atoms. The number of hydrogen-bond donors (Lipinski definition) is 0. The lowest BCUT2D eigenvalue weighted by Crippen LogP contribution is -2.04. The van der Waals surface area contributed by atoms with Crippen LogP contribution in [0.5, 0.6) is 0 Å². The van der Waals surface area contributed by atoms with Crippen molar-refractivity contribution >= 4 is 17.0 Å². The second kappa shape index (κ2) is 5.93. The number of hydrogen-bond acceptors (Lipinski definition) is 4. The fraction of sp³-hybridized carbons (Fsp3) is 0.167. The molecular weight excluding hydrogens is 276 g/mol. The molecule has 3 aromatic rings. The lowest BCUT2D eigenvalue weighted by Gasteiger charge is -2.05. The van der Waals surface area contributed by atoms with E-state index in [9.17, 15) is 4.79 Å². The van der Waals surface area contributed by atoms with Gasteiger partial charge in [0, 0.05) is 5.56 Å². The van der Waals surface area contributed by atoms with Gasteiger partial charge in [-0.15, -0.1) is 0 Å². The number of ether oxygens (including phenoxy) is 1. The second-order valence-electron chi connectivity index (χ2n) is 5.05. The maximum Gasteiger partial charge on any atom is 0.338 e. The normalized spacial score (nSPS) is 10.6. The van der Waals surface area contributed by atoms with Crippen LogP contribution in [0.25, 0.3) is 22.3 Å². The van der Waals surface area contributed by atoms with Gasteiger partial charge in [0.2, 0.25) is 0 Å². The van der Waals surface area contributed by atoms with Crippen LogP contribution in [0.15, 0.2) is 48.7 Å². The van der Waals surface area contributed by atoms with Crippen molar-refractivity contribution in [3.8, 4) is 11.3 Å². The molecule has 0 radical (unpaired) electrons. The van der Waals surface area contributed by atoms with Gasteiger partial charge < -0.3 is 4.74 Å². The largest absolute Gasteiger partial charge is 0.462 e. The Morgan fingerprint density at radius 2 is 1.86 bits per heavy atom. The van der Waals surface area contributed by atoms with Gasteiger partial charge in [-0.3, -0.25) is 4.98 Å². The molecule has 110 valence electrons. The third kappa shape index (κ3) is 2.81. The van der Waals surface area contributed by atoms with Gasteiger partial charge in [0.1, 0.15) is 0 Å². The van der Waals surface area contributed by atoms with E-state index in [2.05, 4.69) is 9.97 Å². The molecule has 0 aliphatic carbocycles. The Bertz CT molecular complexity index is 826. The number of nitrogens with zero attached hydrogens (tertiary/aromatic N) is 2. The molecule has 4 heteroatoms. The molecule has 1 aromatic heterocycles. The lowest BCUT2D eigenvalue weighted by molar-refractivity contribution is 0.0526. The molecule has 0 N–H and O–H groups in total. The Hall–Kier alpha value is -2.75. The van der Waals surface area contributed by atoms with E-state index in [1.54, 1.807) is 31.3 Å². The molecule has 0 atom stereocenters. The maximum absolute atomic E-state index is 11.7. The molecule has 0 bridgehead atoms. The van der Waals surface area contributed by atoms with Crippen LogP contribution in [0.1, 0.15) is 22.8 Å². The van der Waals surface area contributed by atoms with E-state index in [4.69, 9.17) is 4.74 Å². The average molecular weight is 292 g/mol. The molecule has 4 nitrogen and oxygen atoms in total. The fourth-order valence-electron chi connectivity index (χ4n) is 2.22. The van der Waals surface area contributed by atoms with E-state index in [0.29, 0.717) is 17.7 Å². The van der Waals surface area contributed by atoms with Gasteiger partial charge >= 0.3 is 5.97 Å². The van der Waals surface area contributed by atoms with E-state index in [1.807, 2.05) is 31.2 Å². The smallest absolute Gasteiger partial charge is 0.338 e. The molecule has 0 saturated carbocycles. The van der Waals surface area contributed by atoms with Gasteiger partial charge in [-0.05, 0) is 32.0 Å². The minimum absolute atomic E-state index is 0.339. The quantitative estimate of drug-likeness (QED) is 0.689. The van der Waals surface area contributed by atoms with Crippen LogP contribution < -0.4 is 0 Å². The Labute approximate surface area is 128 Å². The molecular formula is C18H16N2O2. The van der Waals surface area contributed by atoms with Crippen LogP contribution in [0.4, 0.5) is 0 Å². The van der Waals surface area contributed by atoms with Crippen LogP contribution in [-0.2, 0) is 4.74 Å². The molecule has 0 spiro atoms. The number of aromatic nitrogens is 2. The van der Waals surface area contributed by atoms with Crippen LogP contribution in [-0.4, -0.2) is 22.5 Å². The van der Waals surface area contributed by atoms with Crippen LogP contribution in [0, 0.1) is 6.92 Å². The highest BCUT2D eigenvalue weighted by molar-refractivity contribution is 5.93. The number of benzene rings is 2. The summed E-state index contributed by atoms with van der Waals surface area (Å²) >= 11 is 0. The predicted molar refractivity (Wildman–Crippen MR) is 85.7 cm³/mol. The number of carbonyl (C=O) groups is 1. The van der Waals surface area contributed by atoms with E-state index < -0.39 is 0 Å². The molecule has 3 rings (SSSR count). The summed E-state index contributed by atoms with van der Waals surface area (Å²) in [6.07, 6.45) is 1.72. The van der Waals surface area contributed by atoms with Gasteiger partial charge in [0.25, 0.3) is 0 Å². The van der Waals surface area contributed by atoms with E-state index >= 15 is 0 Å². The molecule has 2 aromatic carbocycles. The summed E-state index contributed by atoms with van der Waals surface area (Å²) in [6.45, 7) is 4.19. The molecule has 1 heterocycles. The van der Waals surface area contributed by atoms with Crippen LogP contribution in [0.2, 0.25) is 0 Å². The molecule has 0 saturated heterocycles. The van der Waals surface area contributed by atoms with Crippen LogP contribution in [0.3, 0.4) is 0 Å². The fourth-order valence-corrected chi connectivity index (χ4v) is 2.22. The first-order chi connectivity index (χ1) is 10.7.